The van der Waals surface area contributed by atoms with Gasteiger partial charge in [-0.05, 0) is 31.0 Å². The second-order valence-electron chi connectivity index (χ2n) is 4.32. The van der Waals surface area contributed by atoms with Crippen LogP contribution in [0.2, 0.25) is 10.0 Å². The van der Waals surface area contributed by atoms with E-state index >= 15 is 0 Å². The molecule has 1 aliphatic carbocycles. The molecule has 2 nitrogen and oxygen atoms in total. The number of halogens is 2. The summed E-state index contributed by atoms with van der Waals surface area (Å²) in [5.41, 5.74) is 1.15. The van der Waals surface area contributed by atoms with Crippen molar-refractivity contribution in [3.8, 4) is 6.07 Å². The predicted molar refractivity (Wildman–Crippen MR) is 66.8 cm³/mol. The lowest BCUT2D eigenvalue weighted by atomic mass is 10.0. The van der Waals surface area contributed by atoms with Crippen molar-refractivity contribution < 1.29 is 0 Å². The lowest BCUT2D eigenvalue weighted by Crippen LogP contribution is -2.14. The van der Waals surface area contributed by atoms with Crippen LogP contribution in [0.15, 0.2) is 18.2 Å². The Morgan fingerprint density at radius 1 is 1.31 bits per heavy atom. The molecule has 0 amide bonds. The van der Waals surface area contributed by atoms with Crippen molar-refractivity contribution in [3.63, 3.8) is 0 Å². The Labute approximate surface area is 105 Å². The molecular weight excluding hydrogens is 243 g/mol. The summed E-state index contributed by atoms with van der Waals surface area (Å²) < 4.78 is 0. The zero-order valence-corrected chi connectivity index (χ0v) is 10.3. The molecule has 0 aliphatic heterocycles. The normalized spacial score (nSPS) is 16.6. The molecule has 0 heterocycles. The molecule has 1 saturated carbocycles. The molecule has 0 radical (unpaired) electrons. The van der Waals surface area contributed by atoms with Crippen LogP contribution in [0.1, 0.15) is 19.3 Å². The summed E-state index contributed by atoms with van der Waals surface area (Å²) in [6, 6.07) is 7.73. The van der Waals surface area contributed by atoms with E-state index in [0.717, 1.165) is 25.1 Å². The van der Waals surface area contributed by atoms with Gasteiger partial charge in [0.25, 0.3) is 0 Å². The van der Waals surface area contributed by atoms with Gasteiger partial charge in [0.2, 0.25) is 0 Å². The average molecular weight is 255 g/mol. The Morgan fingerprint density at radius 2 is 2.06 bits per heavy atom. The molecule has 0 aromatic heterocycles. The largest absolute Gasteiger partial charge is 0.384 e. The molecule has 2 rings (SSSR count). The van der Waals surface area contributed by atoms with Crippen molar-refractivity contribution in [1.29, 1.82) is 5.26 Å². The van der Waals surface area contributed by atoms with Gasteiger partial charge in [-0.3, -0.25) is 0 Å². The second kappa shape index (κ2) is 4.53. The highest BCUT2D eigenvalue weighted by Gasteiger charge is 2.42. The minimum Gasteiger partial charge on any atom is -0.384 e. The molecule has 1 fully saturated rings. The Morgan fingerprint density at radius 3 is 2.62 bits per heavy atom. The highest BCUT2D eigenvalue weighted by Crippen LogP contribution is 2.48. The number of nitrogens with one attached hydrogen (secondary N) is 1. The van der Waals surface area contributed by atoms with Crippen molar-refractivity contribution in [2.45, 2.75) is 19.3 Å². The average Bonchev–Trinajstić information content (AvgIpc) is 3.01. The van der Waals surface area contributed by atoms with Crippen molar-refractivity contribution in [3.05, 3.63) is 28.2 Å². The summed E-state index contributed by atoms with van der Waals surface area (Å²) in [4.78, 5) is 0. The minimum absolute atomic E-state index is 0.195. The maximum Gasteiger partial charge on any atom is 0.0628 e. The standard InChI is InChI=1S/C12H12Cl2N2/c13-10-2-1-9(7-11(10)14)16-8-12(3-4-12)5-6-15/h1-2,7,16H,3-5,8H2. The number of nitrogens with zero attached hydrogens (tertiary/aromatic N) is 1. The number of rotatable bonds is 4. The van der Waals surface area contributed by atoms with Gasteiger partial charge in [-0.15, -0.1) is 0 Å². The van der Waals surface area contributed by atoms with Crippen LogP contribution in [-0.2, 0) is 0 Å². The molecular formula is C12H12Cl2N2. The first kappa shape index (κ1) is 11.6. The van der Waals surface area contributed by atoms with Gasteiger partial charge in [-0.2, -0.15) is 5.26 Å². The van der Waals surface area contributed by atoms with E-state index in [2.05, 4.69) is 11.4 Å². The molecule has 0 unspecified atom stereocenters. The van der Waals surface area contributed by atoms with Crippen molar-refractivity contribution in [2.24, 2.45) is 5.41 Å². The van der Waals surface area contributed by atoms with Crippen LogP contribution >= 0.6 is 23.2 Å². The third-order valence-corrected chi connectivity index (χ3v) is 3.74. The zero-order valence-electron chi connectivity index (χ0n) is 8.76. The summed E-state index contributed by atoms with van der Waals surface area (Å²) in [5.74, 6) is 0. The van der Waals surface area contributed by atoms with Crippen LogP contribution in [0.4, 0.5) is 5.69 Å². The summed E-state index contributed by atoms with van der Waals surface area (Å²) >= 11 is 11.7. The molecule has 1 aromatic rings. The molecule has 1 aliphatic rings. The topological polar surface area (TPSA) is 35.8 Å². The Balaban J connectivity index is 1.95. The van der Waals surface area contributed by atoms with Gasteiger partial charge in [0.15, 0.2) is 0 Å². The summed E-state index contributed by atoms with van der Waals surface area (Å²) in [6.07, 6.45) is 2.89. The van der Waals surface area contributed by atoms with Crippen molar-refractivity contribution in [1.82, 2.24) is 0 Å². The fourth-order valence-electron chi connectivity index (χ4n) is 1.66. The Hall–Kier alpha value is -0.910. The zero-order chi connectivity index (χ0) is 11.6. The van der Waals surface area contributed by atoms with E-state index < -0.39 is 0 Å². The summed E-state index contributed by atoms with van der Waals surface area (Å²) in [6.45, 7) is 0.832. The van der Waals surface area contributed by atoms with Crippen LogP contribution in [-0.4, -0.2) is 6.54 Å². The second-order valence-corrected chi connectivity index (χ2v) is 5.13. The van der Waals surface area contributed by atoms with Crippen LogP contribution < -0.4 is 5.32 Å². The monoisotopic (exact) mass is 254 g/mol. The van der Waals surface area contributed by atoms with E-state index in [1.165, 1.54) is 0 Å². The van der Waals surface area contributed by atoms with Gasteiger partial charge in [0.1, 0.15) is 0 Å². The first-order valence-corrected chi connectivity index (χ1v) is 5.97. The quantitative estimate of drug-likeness (QED) is 0.879. The van der Waals surface area contributed by atoms with Crippen LogP contribution in [0, 0.1) is 16.7 Å². The fraction of sp³-hybridized carbons (Fsp3) is 0.417. The van der Waals surface area contributed by atoms with Crippen LogP contribution in [0.25, 0.3) is 0 Å². The third kappa shape index (κ3) is 2.61. The molecule has 0 atom stereocenters. The van der Waals surface area contributed by atoms with Gasteiger partial charge < -0.3 is 5.32 Å². The van der Waals surface area contributed by atoms with Gasteiger partial charge in [0.05, 0.1) is 16.1 Å². The van der Waals surface area contributed by atoms with E-state index in [0.29, 0.717) is 16.5 Å². The maximum absolute atomic E-state index is 8.70. The summed E-state index contributed by atoms with van der Waals surface area (Å²) in [5, 5.41) is 13.1. The first-order chi connectivity index (χ1) is 7.65. The minimum atomic E-state index is 0.195. The number of benzene rings is 1. The first-order valence-electron chi connectivity index (χ1n) is 5.21. The molecule has 0 spiro atoms. The highest BCUT2D eigenvalue weighted by molar-refractivity contribution is 6.42. The van der Waals surface area contributed by atoms with Crippen molar-refractivity contribution in [2.75, 3.05) is 11.9 Å². The van der Waals surface area contributed by atoms with Gasteiger partial charge >= 0.3 is 0 Å². The molecule has 16 heavy (non-hydrogen) atoms. The van der Waals surface area contributed by atoms with Crippen LogP contribution in [0.3, 0.4) is 0 Å². The van der Waals surface area contributed by atoms with E-state index in [9.17, 15) is 0 Å². The molecule has 1 N–H and O–H groups in total. The SMILES string of the molecule is N#CCC1(CNc2ccc(Cl)c(Cl)c2)CC1. The number of nitriles is 1. The smallest absolute Gasteiger partial charge is 0.0628 e. The molecule has 84 valence electrons. The van der Waals surface area contributed by atoms with E-state index in [-0.39, 0.29) is 5.41 Å². The number of anilines is 1. The third-order valence-electron chi connectivity index (χ3n) is 3.00. The Kier molecular flexibility index (Phi) is 3.28. The Bertz CT molecular complexity index is 433. The van der Waals surface area contributed by atoms with E-state index in [4.69, 9.17) is 28.5 Å². The maximum atomic E-state index is 8.70. The summed E-state index contributed by atoms with van der Waals surface area (Å²) in [7, 11) is 0. The predicted octanol–water partition coefficient (Wildman–Crippen LogP) is 4.10. The molecule has 0 bridgehead atoms. The van der Waals surface area contributed by atoms with Gasteiger partial charge in [-0.25, -0.2) is 0 Å². The van der Waals surface area contributed by atoms with Gasteiger partial charge in [-0.1, -0.05) is 23.2 Å². The number of hydrogen-bond acceptors (Lipinski definition) is 2. The van der Waals surface area contributed by atoms with Gasteiger partial charge in [0, 0.05) is 24.1 Å². The lowest BCUT2D eigenvalue weighted by Gasteiger charge is -2.13. The van der Waals surface area contributed by atoms with Crippen molar-refractivity contribution >= 4 is 28.9 Å². The molecule has 0 saturated heterocycles. The fourth-order valence-corrected chi connectivity index (χ4v) is 1.95. The van der Waals surface area contributed by atoms with E-state index in [1.807, 2.05) is 12.1 Å². The highest BCUT2D eigenvalue weighted by atomic mass is 35.5. The van der Waals surface area contributed by atoms with E-state index in [1.54, 1.807) is 6.07 Å². The number of hydrogen-bond donors (Lipinski definition) is 1. The molecule has 1 aromatic carbocycles. The molecule has 4 heteroatoms. The lowest BCUT2D eigenvalue weighted by molar-refractivity contribution is 0.557. The van der Waals surface area contributed by atoms with Crippen LogP contribution in [0.5, 0.6) is 0 Å².